The van der Waals surface area contributed by atoms with Crippen LogP contribution in [0.5, 0.6) is 0 Å². The quantitative estimate of drug-likeness (QED) is 0.559. The molecule has 0 aliphatic carbocycles. The number of hydrogen-bond donors (Lipinski definition) is 0. The number of halogens is 2. The molecule has 0 atom stereocenters. The maximum absolute atomic E-state index is 12.8. The Bertz CT molecular complexity index is 346. The summed E-state index contributed by atoms with van der Waals surface area (Å²) in [5.41, 5.74) is 0. The maximum Gasteiger partial charge on any atom is 0.129 e. The highest BCUT2D eigenvalue weighted by Gasteiger charge is 2.01. The molecule has 0 aromatic heterocycles. The first-order chi connectivity index (χ1) is 7.58. The van der Waals surface area contributed by atoms with E-state index >= 15 is 0 Å². The number of carbonyl (C=O) groups is 1. The second kappa shape index (κ2) is 6.63. The van der Waals surface area contributed by atoms with Gasteiger partial charge in [0, 0.05) is 17.4 Å². The molecule has 1 nitrogen and oxygen atoms in total. The summed E-state index contributed by atoms with van der Waals surface area (Å²) >= 11 is 1.41. The van der Waals surface area contributed by atoms with E-state index in [1.54, 1.807) is 6.92 Å². The van der Waals surface area contributed by atoms with Gasteiger partial charge in [-0.2, -0.15) is 0 Å². The molecule has 0 amide bonds. The van der Waals surface area contributed by atoms with Crippen LogP contribution in [0.25, 0.3) is 0 Å². The van der Waals surface area contributed by atoms with Crippen molar-refractivity contribution < 1.29 is 13.6 Å². The molecular weight excluding hydrogens is 230 g/mol. The van der Waals surface area contributed by atoms with Crippen LogP contribution in [0.3, 0.4) is 0 Å². The molecule has 0 unspecified atom stereocenters. The highest BCUT2D eigenvalue weighted by molar-refractivity contribution is 7.99. The van der Waals surface area contributed by atoms with Gasteiger partial charge >= 0.3 is 0 Å². The number of benzene rings is 1. The van der Waals surface area contributed by atoms with E-state index in [9.17, 15) is 13.6 Å². The van der Waals surface area contributed by atoms with Crippen LogP contribution < -0.4 is 0 Å². The minimum Gasteiger partial charge on any atom is -0.300 e. The van der Waals surface area contributed by atoms with Gasteiger partial charge in [0.05, 0.1) is 0 Å². The van der Waals surface area contributed by atoms with Crippen molar-refractivity contribution in [2.75, 3.05) is 5.75 Å². The highest BCUT2D eigenvalue weighted by Crippen LogP contribution is 2.21. The molecular formula is C12H14F2OS. The molecule has 0 saturated heterocycles. The molecule has 0 N–H and O–H groups in total. The van der Waals surface area contributed by atoms with Gasteiger partial charge in [-0.3, -0.25) is 0 Å². The molecule has 1 rings (SSSR count). The zero-order chi connectivity index (χ0) is 12.0. The lowest BCUT2D eigenvalue weighted by Crippen LogP contribution is -1.90. The van der Waals surface area contributed by atoms with E-state index in [4.69, 9.17) is 0 Å². The lowest BCUT2D eigenvalue weighted by atomic mass is 10.2. The molecule has 0 aliphatic rings. The first-order valence-electron chi connectivity index (χ1n) is 5.16. The van der Waals surface area contributed by atoms with Gasteiger partial charge in [-0.1, -0.05) is 0 Å². The standard InChI is InChI=1S/C12H14F2OS/c1-9(15)4-2-3-5-16-12-7-10(13)6-11(14)8-12/h6-8H,2-5H2,1H3. The van der Waals surface area contributed by atoms with Crippen LogP contribution in [0.15, 0.2) is 23.1 Å². The summed E-state index contributed by atoms with van der Waals surface area (Å²) < 4.78 is 25.6. The van der Waals surface area contributed by atoms with E-state index in [2.05, 4.69) is 0 Å². The summed E-state index contributed by atoms with van der Waals surface area (Å²) in [6.07, 6.45) is 2.29. The van der Waals surface area contributed by atoms with E-state index < -0.39 is 11.6 Å². The minimum absolute atomic E-state index is 0.182. The number of carbonyl (C=O) groups excluding carboxylic acids is 1. The molecule has 0 radical (unpaired) electrons. The zero-order valence-corrected chi connectivity index (χ0v) is 9.95. The lowest BCUT2D eigenvalue weighted by Gasteiger charge is -2.01. The van der Waals surface area contributed by atoms with Crippen LogP contribution in [0.1, 0.15) is 26.2 Å². The predicted octanol–water partition coefficient (Wildman–Crippen LogP) is 3.82. The maximum atomic E-state index is 12.8. The SMILES string of the molecule is CC(=O)CCCCSc1cc(F)cc(F)c1. The third-order valence-electron chi connectivity index (χ3n) is 2.03. The lowest BCUT2D eigenvalue weighted by molar-refractivity contribution is -0.117. The topological polar surface area (TPSA) is 17.1 Å². The van der Waals surface area contributed by atoms with Gasteiger partial charge in [0.2, 0.25) is 0 Å². The average Bonchev–Trinajstić information content (AvgIpc) is 2.15. The summed E-state index contributed by atoms with van der Waals surface area (Å²) in [5.74, 6) is -0.143. The third kappa shape index (κ3) is 5.26. The Morgan fingerprint density at radius 3 is 2.38 bits per heavy atom. The monoisotopic (exact) mass is 244 g/mol. The van der Waals surface area contributed by atoms with Crippen LogP contribution in [0.2, 0.25) is 0 Å². The first kappa shape index (κ1) is 13.2. The number of thioether (sulfide) groups is 1. The van der Waals surface area contributed by atoms with E-state index in [0.717, 1.165) is 24.7 Å². The Kier molecular flexibility index (Phi) is 5.46. The van der Waals surface area contributed by atoms with E-state index in [0.29, 0.717) is 11.3 Å². The van der Waals surface area contributed by atoms with Crippen molar-refractivity contribution in [2.24, 2.45) is 0 Å². The summed E-state index contributed by atoms with van der Waals surface area (Å²) in [4.78, 5) is 11.3. The van der Waals surface area contributed by atoms with Gasteiger partial charge in [-0.25, -0.2) is 8.78 Å². The van der Waals surface area contributed by atoms with Crippen LogP contribution >= 0.6 is 11.8 Å². The van der Waals surface area contributed by atoms with Crippen molar-refractivity contribution in [3.05, 3.63) is 29.8 Å². The Balaban J connectivity index is 2.29. The minimum atomic E-state index is -0.550. The molecule has 0 heterocycles. The molecule has 1 aromatic carbocycles. The average molecular weight is 244 g/mol. The molecule has 88 valence electrons. The van der Waals surface area contributed by atoms with Gasteiger partial charge in [-0.15, -0.1) is 11.8 Å². The largest absolute Gasteiger partial charge is 0.300 e. The van der Waals surface area contributed by atoms with Gasteiger partial charge < -0.3 is 4.79 Å². The molecule has 16 heavy (non-hydrogen) atoms. The van der Waals surface area contributed by atoms with Crippen LogP contribution in [-0.4, -0.2) is 11.5 Å². The van der Waals surface area contributed by atoms with Gasteiger partial charge in [0.15, 0.2) is 0 Å². The predicted molar refractivity (Wildman–Crippen MR) is 61.6 cm³/mol. The van der Waals surface area contributed by atoms with E-state index in [1.807, 2.05) is 0 Å². The van der Waals surface area contributed by atoms with E-state index in [-0.39, 0.29) is 5.78 Å². The molecule has 0 spiro atoms. The van der Waals surface area contributed by atoms with Crippen molar-refractivity contribution in [3.63, 3.8) is 0 Å². The Labute approximate surface area is 98.2 Å². The Morgan fingerprint density at radius 1 is 1.19 bits per heavy atom. The van der Waals surface area contributed by atoms with Gasteiger partial charge in [-0.05, 0) is 37.7 Å². The molecule has 4 heteroatoms. The molecule has 0 fully saturated rings. The van der Waals surface area contributed by atoms with Crippen molar-refractivity contribution in [1.82, 2.24) is 0 Å². The molecule has 0 saturated carbocycles. The van der Waals surface area contributed by atoms with Crippen LogP contribution in [-0.2, 0) is 4.79 Å². The second-order valence-corrected chi connectivity index (χ2v) is 4.78. The number of rotatable bonds is 6. The van der Waals surface area contributed by atoms with Crippen molar-refractivity contribution in [2.45, 2.75) is 31.1 Å². The molecule has 0 bridgehead atoms. The smallest absolute Gasteiger partial charge is 0.129 e. The highest BCUT2D eigenvalue weighted by atomic mass is 32.2. The molecule has 1 aromatic rings. The number of ketones is 1. The van der Waals surface area contributed by atoms with Crippen LogP contribution in [0, 0.1) is 11.6 Å². The van der Waals surface area contributed by atoms with Crippen molar-refractivity contribution >= 4 is 17.5 Å². The summed E-state index contributed by atoms with van der Waals surface area (Å²) in [6, 6.07) is 3.50. The summed E-state index contributed by atoms with van der Waals surface area (Å²) in [5, 5.41) is 0. The second-order valence-electron chi connectivity index (χ2n) is 3.61. The van der Waals surface area contributed by atoms with Gasteiger partial charge in [0.1, 0.15) is 17.4 Å². The van der Waals surface area contributed by atoms with E-state index in [1.165, 1.54) is 23.9 Å². The first-order valence-corrected chi connectivity index (χ1v) is 6.15. The fourth-order valence-corrected chi connectivity index (χ4v) is 2.25. The van der Waals surface area contributed by atoms with Crippen molar-refractivity contribution in [1.29, 1.82) is 0 Å². The Morgan fingerprint density at radius 2 is 1.81 bits per heavy atom. The third-order valence-corrected chi connectivity index (χ3v) is 3.09. The fourth-order valence-electron chi connectivity index (χ4n) is 1.28. The van der Waals surface area contributed by atoms with Crippen molar-refractivity contribution in [3.8, 4) is 0 Å². The fraction of sp³-hybridized carbons (Fsp3) is 0.417. The normalized spacial score (nSPS) is 10.4. The number of Topliss-reactive ketones (excluding diaryl/α,β-unsaturated/α-hetero) is 1. The number of hydrogen-bond acceptors (Lipinski definition) is 2. The van der Waals surface area contributed by atoms with Gasteiger partial charge in [0.25, 0.3) is 0 Å². The van der Waals surface area contributed by atoms with Crippen LogP contribution in [0.4, 0.5) is 8.78 Å². The number of unbranched alkanes of at least 4 members (excludes halogenated alkanes) is 1. The molecule has 0 aliphatic heterocycles. The summed E-state index contributed by atoms with van der Waals surface area (Å²) in [6.45, 7) is 1.56. The summed E-state index contributed by atoms with van der Waals surface area (Å²) in [7, 11) is 0. The zero-order valence-electron chi connectivity index (χ0n) is 9.13. The Hall–Kier alpha value is -0.900.